The van der Waals surface area contributed by atoms with Crippen LogP contribution in [0.2, 0.25) is 0 Å². The molecule has 4 nitrogen and oxygen atoms in total. The van der Waals surface area contributed by atoms with Crippen LogP contribution in [-0.2, 0) is 22.3 Å². The van der Waals surface area contributed by atoms with E-state index in [1.54, 1.807) is 0 Å². The summed E-state index contributed by atoms with van der Waals surface area (Å²) in [4.78, 5) is 14.4. The number of rotatable bonds is 7. The fraction of sp³-hybridized carbons (Fsp3) is 0.381. The van der Waals surface area contributed by atoms with E-state index in [4.69, 9.17) is 4.74 Å². The first-order chi connectivity index (χ1) is 13.4. The first kappa shape index (κ1) is 20.4. The molecule has 28 heavy (non-hydrogen) atoms. The topological polar surface area (TPSA) is 41.6 Å². The maximum atomic E-state index is 13.1. The largest absolute Gasteiger partial charge is 0.418 e. The fourth-order valence-electron chi connectivity index (χ4n) is 3.34. The highest BCUT2D eigenvalue weighted by Gasteiger charge is 2.33. The van der Waals surface area contributed by atoms with Crippen molar-refractivity contribution >= 4 is 11.6 Å². The van der Waals surface area contributed by atoms with Gasteiger partial charge in [0.05, 0.1) is 23.9 Å². The van der Waals surface area contributed by atoms with Gasteiger partial charge in [0.25, 0.3) is 0 Å². The van der Waals surface area contributed by atoms with Crippen molar-refractivity contribution in [3.63, 3.8) is 0 Å². The number of nitrogens with one attached hydrogen (secondary N) is 1. The first-order valence-corrected chi connectivity index (χ1v) is 9.26. The molecule has 1 fully saturated rings. The number of hydrogen-bond donors (Lipinski definition) is 1. The predicted molar refractivity (Wildman–Crippen MR) is 101 cm³/mol. The zero-order chi connectivity index (χ0) is 20.0. The average molecular weight is 392 g/mol. The number of carbonyl (C=O) groups is 1. The zero-order valence-electron chi connectivity index (χ0n) is 15.4. The molecule has 1 aliphatic rings. The first-order valence-electron chi connectivity index (χ1n) is 9.26. The minimum absolute atomic E-state index is 0.0130. The van der Waals surface area contributed by atoms with Crippen LogP contribution >= 0.6 is 0 Å². The predicted octanol–water partition coefficient (Wildman–Crippen LogP) is 4.33. The van der Waals surface area contributed by atoms with Gasteiger partial charge in [-0.3, -0.25) is 9.69 Å². The second-order valence-corrected chi connectivity index (χ2v) is 6.88. The molecule has 1 atom stereocenters. The van der Waals surface area contributed by atoms with Crippen LogP contribution in [0.15, 0.2) is 54.6 Å². The summed E-state index contributed by atoms with van der Waals surface area (Å²) in [6.07, 6.45) is -2.58. The van der Waals surface area contributed by atoms with Crippen LogP contribution in [0, 0.1) is 0 Å². The number of halogens is 3. The van der Waals surface area contributed by atoms with E-state index < -0.39 is 17.6 Å². The molecule has 1 saturated heterocycles. The van der Waals surface area contributed by atoms with Crippen molar-refractivity contribution in [3.8, 4) is 0 Å². The standard InChI is InChI=1S/C21H23F3N2O2/c22-21(23,24)18-10-4-5-11-19(18)25-20(27)15-26(14-17-9-6-12-28-17)13-16-7-2-1-3-8-16/h1-5,7-8,10-11,17H,6,9,12-15H2,(H,25,27). The molecule has 150 valence electrons. The van der Waals surface area contributed by atoms with E-state index in [2.05, 4.69) is 5.32 Å². The fourth-order valence-corrected chi connectivity index (χ4v) is 3.34. The Bertz CT molecular complexity index is 775. The number of carbonyl (C=O) groups excluding carboxylic acids is 1. The molecule has 1 unspecified atom stereocenters. The van der Waals surface area contributed by atoms with E-state index in [-0.39, 0.29) is 18.3 Å². The van der Waals surface area contributed by atoms with Gasteiger partial charge in [-0.05, 0) is 30.5 Å². The summed E-state index contributed by atoms with van der Waals surface area (Å²) in [7, 11) is 0. The molecule has 0 radical (unpaired) electrons. The van der Waals surface area contributed by atoms with Crippen LogP contribution in [0.3, 0.4) is 0 Å². The number of anilines is 1. The highest BCUT2D eigenvalue weighted by Crippen LogP contribution is 2.34. The molecule has 7 heteroatoms. The Morgan fingerprint density at radius 3 is 2.50 bits per heavy atom. The molecule has 3 rings (SSSR count). The number of ether oxygens (including phenoxy) is 1. The molecular weight excluding hydrogens is 369 g/mol. The van der Waals surface area contributed by atoms with E-state index in [0.717, 1.165) is 24.5 Å². The lowest BCUT2D eigenvalue weighted by Gasteiger charge is -2.25. The maximum Gasteiger partial charge on any atom is 0.418 e. The van der Waals surface area contributed by atoms with Crippen LogP contribution in [0.4, 0.5) is 18.9 Å². The molecule has 2 aromatic rings. The minimum Gasteiger partial charge on any atom is -0.377 e. The second-order valence-electron chi connectivity index (χ2n) is 6.88. The van der Waals surface area contributed by atoms with Gasteiger partial charge in [-0.2, -0.15) is 13.2 Å². The van der Waals surface area contributed by atoms with Crippen molar-refractivity contribution in [1.29, 1.82) is 0 Å². The van der Waals surface area contributed by atoms with Gasteiger partial charge in [-0.25, -0.2) is 0 Å². The molecule has 1 amide bonds. The Morgan fingerprint density at radius 1 is 1.11 bits per heavy atom. The third kappa shape index (κ3) is 5.81. The molecule has 1 heterocycles. The Kier molecular flexibility index (Phi) is 6.70. The third-order valence-corrected chi connectivity index (χ3v) is 4.61. The lowest BCUT2D eigenvalue weighted by Crippen LogP contribution is -2.38. The van der Waals surface area contributed by atoms with Gasteiger partial charge < -0.3 is 10.1 Å². The summed E-state index contributed by atoms with van der Waals surface area (Å²) in [5.74, 6) is -0.481. The molecule has 1 N–H and O–H groups in total. The lowest BCUT2D eigenvalue weighted by molar-refractivity contribution is -0.137. The number of para-hydroxylation sites is 1. The number of nitrogens with zero attached hydrogens (tertiary/aromatic N) is 1. The SMILES string of the molecule is O=C(CN(Cc1ccccc1)CC1CCCO1)Nc1ccccc1C(F)(F)F. The summed E-state index contributed by atoms with van der Waals surface area (Å²) < 4.78 is 45.1. The van der Waals surface area contributed by atoms with E-state index in [1.807, 2.05) is 35.2 Å². The number of alkyl halides is 3. The molecular formula is C21H23F3N2O2. The summed E-state index contributed by atoms with van der Waals surface area (Å²) in [6, 6.07) is 14.7. The highest BCUT2D eigenvalue weighted by molar-refractivity contribution is 5.93. The van der Waals surface area contributed by atoms with Crippen molar-refractivity contribution in [2.45, 2.75) is 31.7 Å². The Balaban J connectivity index is 1.68. The van der Waals surface area contributed by atoms with Crippen LogP contribution in [0.25, 0.3) is 0 Å². The van der Waals surface area contributed by atoms with Crippen molar-refractivity contribution in [3.05, 3.63) is 65.7 Å². The number of amides is 1. The van der Waals surface area contributed by atoms with Crippen molar-refractivity contribution in [1.82, 2.24) is 4.90 Å². The van der Waals surface area contributed by atoms with E-state index in [0.29, 0.717) is 19.7 Å². The van der Waals surface area contributed by atoms with Gasteiger partial charge in [0.2, 0.25) is 5.91 Å². The van der Waals surface area contributed by atoms with Gasteiger partial charge in [0.15, 0.2) is 0 Å². The number of hydrogen-bond acceptors (Lipinski definition) is 3. The minimum atomic E-state index is -4.52. The van der Waals surface area contributed by atoms with E-state index >= 15 is 0 Å². The third-order valence-electron chi connectivity index (χ3n) is 4.61. The Morgan fingerprint density at radius 2 is 1.82 bits per heavy atom. The van der Waals surface area contributed by atoms with Crippen LogP contribution in [0.5, 0.6) is 0 Å². The van der Waals surface area contributed by atoms with Gasteiger partial charge >= 0.3 is 6.18 Å². The van der Waals surface area contributed by atoms with E-state index in [9.17, 15) is 18.0 Å². The quantitative estimate of drug-likeness (QED) is 0.763. The summed E-state index contributed by atoms with van der Waals surface area (Å²) in [6.45, 7) is 1.77. The van der Waals surface area contributed by atoms with Crippen LogP contribution in [-0.4, -0.2) is 36.6 Å². The molecule has 1 aliphatic heterocycles. The van der Waals surface area contributed by atoms with Gasteiger partial charge in [-0.1, -0.05) is 42.5 Å². The molecule has 0 aliphatic carbocycles. The maximum absolute atomic E-state index is 13.1. The molecule has 0 spiro atoms. The molecule has 0 aromatic heterocycles. The van der Waals surface area contributed by atoms with Crippen molar-refractivity contribution < 1.29 is 22.7 Å². The van der Waals surface area contributed by atoms with Crippen molar-refractivity contribution in [2.24, 2.45) is 0 Å². The van der Waals surface area contributed by atoms with Crippen LogP contribution < -0.4 is 5.32 Å². The average Bonchev–Trinajstić information content (AvgIpc) is 3.15. The highest BCUT2D eigenvalue weighted by atomic mass is 19.4. The normalized spacial score (nSPS) is 17.1. The molecule has 2 aromatic carbocycles. The van der Waals surface area contributed by atoms with E-state index in [1.165, 1.54) is 18.2 Å². The summed E-state index contributed by atoms with van der Waals surface area (Å²) in [5, 5.41) is 2.42. The van der Waals surface area contributed by atoms with Crippen LogP contribution in [0.1, 0.15) is 24.0 Å². The Labute approximate surface area is 162 Å². The molecule has 0 bridgehead atoms. The van der Waals surface area contributed by atoms with Gasteiger partial charge in [-0.15, -0.1) is 0 Å². The lowest BCUT2D eigenvalue weighted by atomic mass is 10.1. The summed E-state index contributed by atoms with van der Waals surface area (Å²) in [5.41, 5.74) is -0.0437. The summed E-state index contributed by atoms with van der Waals surface area (Å²) >= 11 is 0. The monoisotopic (exact) mass is 392 g/mol. The number of benzene rings is 2. The van der Waals surface area contributed by atoms with Gasteiger partial charge in [0, 0.05) is 19.7 Å². The van der Waals surface area contributed by atoms with Gasteiger partial charge in [0.1, 0.15) is 0 Å². The Hall–Kier alpha value is -2.38. The molecule has 0 saturated carbocycles. The van der Waals surface area contributed by atoms with Crippen molar-refractivity contribution in [2.75, 3.05) is 25.0 Å². The smallest absolute Gasteiger partial charge is 0.377 e. The second kappa shape index (κ2) is 9.21. The zero-order valence-corrected chi connectivity index (χ0v) is 15.4.